The Kier molecular flexibility index (Phi) is 14.0. The molecule has 3 N–H and O–H groups in total. The van der Waals surface area contributed by atoms with Crippen LogP contribution in [0.25, 0.3) is 0 Å². The molecule has 0 saturated heterocycles. The lowest BCUT2D eigenvalue weighted by molar-refractivity contribution is -0.145. The largest absolute Gasteiger partial charge is 0.488 e. The summed E-state index contributed by atoms with van der Waals surface area (Å²) < 4.78 is 15.9. The lowest BCUT2D eigenvalue weighted by Gasteiger charge is -2.33. The van der Waals surface area contributed by atoms with E-state index in [4.69, 9.17) is 9.47 Å². The summed E-state index contributed by atoms with van der Waals surface area (Å²) in [6.45, 7) is 12.3. The van der Waals surface area contributed by atoms with Crippen molar-refractivity contribution in [3.05, 3.63) is 65.7 Å². The minimum atomic E-state index is -1.07. The van der Waals surface area contributed by atoms with Gasteiger partial charge in [-0.3, -0.25) is 14.4 Å². The van der Waals surface area contributed by atoms with Crippen molar-refractivity contribution in [2.75, 3.05) is 14.2 Å². The molecule has 4 atom stereocenters. The summed E-state index contributed by atoms with van der Waals surface area (Å²) in [7, 11) is 2.68. The third kappa shape index (κ3) is 12.1. The lowest BCUT2D eigenvalue weighted by Crippen LogP contribution is -2.58. The summed E-state index contributed by atoms with van der Waals surface area (Å²) in [4.78, 5) is 66.0. The number of methoxy groups -OCH3 is 1. The number of carbonyl (C=O) groups excluding carboxylic acids is 5. The van der Waals surface area contributed by atoms with Gasteiger partial charge in [-0.25, -0.2) is 9.59 Å². The average Bonchev–Trinajstić information content (AvgIpc) is 3.00. The van der Waals surface area contributed by atoms with Crippen LogP contribution in [0.2, 0.25) is 0 Å². The maximum absolute atomic E-state index is 13.8. The van der Waals surface area contributed by atoms with Crippen molar-refractivity contribution in [1.29, 1.82) is 0 Å². The number of benzene rings is 2. The van der Waals surface area contributed by atoms with Crippen molar-refractivity contribution in [2.45, 2.75) is 91.3 Å². The number of carbonyl (C=O) groups is 5. The van der Waals surface area contributed by atoms with E-state index in [-0.39, 0.29) is 18.9 Å². The Labute approximate surface area is 271 Å². The highest BCUT2D eigenvalue weighted by Crippen LogP contribution is 2.20. The summed E-state index contributed by atoms with van der Waals surface area (Å²) in [6.07, 6.45) is -0.676. The van der Waals surface area contributed by atoms with E-state index >= 15 is 0 Å². The van der Waals surface area contributed by atoms with E-state index in [0.717, 1.165) is 11.1 Å². The third-order valence-electron chi connectivity index (χ3n) is 6.98. The maximum atomic E-state index is 13.8. The van der Waals surface area contributed by atoms with Gasteiger partial charge in [0, 0.05) is 13.5 Å². The number of rotatable bonds is 14. The van der Waals surface area contributed by atoms with Gasteiger partial charge in [0.05, 0.1) is 7.11 Å². The van der Waals surface area contributed by atoms with Gasteiger partial charge in [-0.1, -0.05) is 56.3 Å². The van der Waals surface area contributed by atoms with Crippen LogP contribution in [-0.4, -0.2) is 78.6 Å². The first-order valence-electron chi connectivity index (χ1n) is 15.2. The first-order chi connectivity index (χ1) is 21.5. The molecule has 2 aromatic rings. The van der Waals surface area contributed by atoms with Crippen LogP contribution >= 0.6 is 0 Å². The SMILES string of the molecule is COC(=O)[C@H](C)NC(=O)[C@H](C)NC(=O)[C@H](Cc1ccc(OC(C)(C)C)cc1)N(C)C(=O)[C@@H](NC(=O)OCc1ccccc1)C(C)C. The third-order valence-corrected chi connectivity index (χ3v) is 6.98. The highest BCUT2D eigenvalue weighted by Gasteiger charge is 2.35. The number of likely N-dealkylation sites (N-methyl/N-ethyl adjacent to an activating group) is 1. The van der Waals surface area contributed by atoms with Crippen LogP contribution in [0.3, 0.4) is 0 Å². The number of hydrogen-bond donors (Lipinski definition) is 3. The van der Waals surface area contributed by atoms with Gasteiger partial charge in [0.2, 0.25) is 17.7 Å². The van der Waals surface area contributed by atoms with E-state index in [1.54, 1.807) is 38.1 Å². The Morgan fingerprint density at radius 2 is 1.37 bits per heavy atom. The minimum absolute atomic E-state index is 0.0238. The quantitative estimate of drug-likeness (QED) is 0.266. The normalized spacial score (nSPS) is 13.8. The summed E-state index contributed by atoms with van der Waals surface area (Å²) in [5.74, 6) is -2.07. The molecule has 12 nitrogen and oxygen atoms in total. The zero-order valence-corrected chi connectivity index (χ0v) is 28.2. The number of alkyl carbamates (subject to hydrolysis) is 1. The van der Waals surface area contributed by atoms with Gasteiger partial charge in [-0.05, 0) is 63.8 Å². The van der Waals surface area contributed by atoms with Crippen LogP contribution < -0.4 is 20.7 Å². The van der Waals surface area contributed by atoms with E-state index in [2.05, 4.69) is 20.7 Å². The Bertz CT molecular complexity index is 1320. The smallest absolute Gasteiger partial charge is 0.408 e. The highest BCUT2D eigenvalue weighted by atomic mass is 16.5. The first kappa shape index (κ1) is 37.6. The van der Waals surface area contributed by atoms with Crippen LogP contribution in [0, 0.1) is 5.92 Å². The highest BCUT2D eigenvalue weighted by molar-refractivity contribution is 5.94. The number of amides is 4. The zero-order valence-electron chi connectivity index (χ0n) is 28.2. The molecule has 0 saturated carbocycles. The molecule has 4 amide bonds. The van der Waals surface area contributed by atoms with Gasteiger partial charge in [-0.2, -0.15) is 0 Å². The van der Waals surface area contributed by atoms with Gasteiger partial charge < -0.3 is 35.1 Å². The van der Waals surface area contributed by atoms with Crippen LogP contribution in [-0.2, 0) is 41.7 Å². The van der Waals surface area contributed by atoms with Gasteiger partial charge in [-0.15, -0.1) is 0 Å². The van der Waals surface area contributed by atoms with Crippen LogP contribution in [0.15, 0.2) is 54.6 Å². The molecule has 0 spiro atoms. The molecule has 0 aliphatic rings. The van der Waals surface area contributed by atoms with E-state index in [1.165, 1.54) is 32.9 Å². The Balaban J connectivity index is 2.27. The second kappa shape index (κ2) is 17.2. The van der Waals surface area contributed by atoms with E-state index < -0.39 is 59.6 Å². The first-order valence-corrected chi connectivity index (χ1v) is 15.2. The van der Waals surface area contributed by atoms with E-state index in [9.17, 15) is 24.0 Å². The number of ether oxygens (including phenoxy) is 3. The number of nitrogens with one attached hydrogen (secondary N) is 3. The Morgan fingerprint density at radius 1 is 0.783 bits per heavy atom. The maximum Gasteiger partial charge on any atom is 0.408 e. The van der Waals surface area contributed by atoms with E-state index in [1.807, 2.05) is 51.1 Å². The van der Waals surface area contributed by atoms with E-state index in [0.29, 0.717) is 5.75 Å². The minimum Gasteiger partial charge on any atom is -0.488 e. The molecule has 0 radical (unpaired) electrons. The Morgan fingerprint density at radius 3 is 1.91 bits per heavy atom. The number of nitrogens with zero attached hydrogens (tertiary/aromatic N) is 1. The summed E-state index contributed by atoms with van der Waals surface area (Å²) in [5.41, 5.74) is 1.12. The van der Waals surface area contributed by atoms with Crippen molar-refractivity contribution in [1.82, 2.24) is 20.9 Å². The molecule has 0 aromatic heterocycles. The topological polar surface area (TPSA) is 152 Å². The van der Waals surface area contributed by atoms with Gasteiger partial charge in [0.15, 0.2) is 0 Å². The van der Waals surface area contributed by atoms with Crippen molar-refractivity contribution in [3.8, 4) is 5.75 Å². The lowest BCUT2D eigenvalue weighted by atomic mass is 9.99. The molecule has 0 heterocycles. The molecule has 2 aromatic carbocycles. The summed E-state index contributed by atoms with van der Waals surface area (Å²) in [5, 5.41) is 7.79. The molecule has 46 heavy (non-hydrogen) atoms. The molecule has 2 rings (SSSR count). The molecular weight excluding hydrogens is 592 g/mol. The summed E-state index contributed by atoms with van der Waals surface area (Å²) in [6, 6.07) is 12.2. The van der Waals surface area contributed by atoms with Gasteiger partial charge in [0.1, 0.15) is 42.1 Å². The molecule has 12 heteroatoms. The molecule has 0 aliphatic heterocycles. The summed E-state index contributed by atoms with van der Waals surface area (Å²) >= 11 is 0. The zero-order chi connectivity index (χ0) is 34.6. The van der Waals surface area contributed by atoms with Crippen LogP contribution in [0.4, 0.5) is 4.79 Å². The molecular formula is C34H48N4O8. The standard InChI is InChI=1S/C34H48N4O8/c1-21(2)28(37-33(43)45-20-25-13-11-10-12-14-25)31(41)38(8)27(19-24-15-17-26(18-16-24)46-34(5,6)7)30(40)35-22(3)29(39)36-23(4)32(42)44-9/h10-18,21-23,27-28H,19-20H2,1-9H3,(H,35,40)(H,36,39)(H,37,43)/t22-,23-,27-,28-/m0/s1. The fourth-order valence-electron chi connectivity index (χ4n) is 4.40. The fourth-order valence-corrected chi connectivity index (χ4v) is 4.40. The molecule has 0 fully saturated rings. The van der Waals surface area contributed by atoms with Gasteiger partial charge in [0.25, 0.3) is 0 Å². The molecule has 0 unspecified atom stereocenters. The Hall–Kier alpha value is -4.61. The van der Waals surface area contributed by atoms with Crippen molar-refractivity contribution in [2.24, 2.45) is 5.92 Å². The van der Waals surface area contributed by atoms with Crippen LogP contribution in [0.5, 0.6) is 5.75 Å². The second-order valence-electron chi connectivity index (χ2n) is 12.4. The predicted molar refractivity (Wildman–Crippen MR) is 173 cm³/mol. The van der Waals surface area contributed by atoms with Crippen molar-refractivity contribution >= 4 is 29.8 Å². The second-order valence-corrected chi connectivity index (χ2v) is 12.4. The molecule has 0 aliphatic carbocycles. The number of hydrogen-bond acceptors (Lipinski definition) is 8. The average molecular weight is 641 g/mol. The van der Waals surface area contributed by atoms with Crippen molar-refractivity contribution < 1.29 is 38.2 Å². The number of esters is 1. The van der Waals surface area contributed by atoms with Gasteiger partial charge >= 0.3 is 12.1 Å². The molecule has 0 bridgehead atoms. The molecule has 252 valence electrons. The van der Waals surface area contributed by atoms with Crippen molar-refractivity contribution in [3.63, 3.8) is 0 Å². The van der Waals surface area contributed by atoms with Crippen LogP contribution in [0.1, 0.15) is 59.6 Å². The fraction of sp³-hybridized carbons (Fsp3) is 0.500. The predicted octanol–water partition coefficient (Wildman–Crippen LogP) is 3.37. The monoisotopic (exact) mass is 640 g/mol.